The van der Waals surface area contributed by atoms with Crippen molar-refractivity contribution in [3.05, 3.63) is 29.3 Å². The molecule has 1 aliphatic heterocycles. The lowest BCUT2D eigenvalue weighted by Crippen LogP contribution is -2.45. The SMILES string of the molecule is COC(=O)c1cc(NC(=O)C2CC(=O)N(C3CCCC(C)C3C)C2)cc(C(=O)OC)c1. The third kappa shape index (κ3) is 4.89. The number of hydrogen-bond acceptors (Lipinski definition) is 6. The number of esters is 2. The number of ether oxygens (including phenoxy) is 2. The number of anilines is 1. The van der Waals surface area contributed by atoms with Crippen molar-refractivity contribution in [2.45, 2.75) is 45.6 Å². The summed E-state index contributed by atoms with van der Waals surface area (Å²) in [5, 5.41) is 2.75. The van der Waals surface area contributed by atoms with Gasteiger partial charge in [0.2, 0.25) is 11.8 Å². The number of hydrogen-bond donors (Lipinski definition) is 1. The number of nitrogens with one attached hydrogen (secondary N) is 1. The molecule has 3 rings (SSSR count). The minimum atomic E-state index is -0.635. The zero-order valence-electron chi connectivity index (χ0n) is 18.5. The van der Waals surface area contributed by atoms with Crippen molar-refractivity contribution < 1.29 is 28.7 Å². The van der Waals surface area contributed by atoms with Gasteiger partial charge in [-0.05, 0) is 36.5 Å². The summed E-state index contributed by atoms with van der Waals surface area (Å²) in [6.07, 6.45) is 3.38. The maximum absolute atomic E-state index is 12.9. The Labute approximate surface area is 182 Å². The molecule has 1 aliphatic carbocycles. The van der Waals surface area contributed by atoms with Crippen molar-refractivity contribution in [3.8, 4) is 0 Å². The highest BCUT2D eigenvalue weighted by molar-refractivity contribution is 6.01. The standard InChI is InChI=1S/C23H30N2O6/c1-13-6-5-7-19(14(13)2)25-12-17(11-20(25)26)21(27)24-18-9-15(22(28)30-3)8-16(10-18)23(29)31-4/h8-10,13-14,17,19H,5-7,11-12H2,1-4H3,(H,24,27). The summed E-state index contributed by atoms with van der Waals surface area (Å²) < 4.78 is 9.45. The number of amides is 2. The molecule has 2 amide bonds. The van der Waals surface area contributed by atoms with Crippen LogP contribution in [-0.2, 0) is 19.1 Å². The maximum atomic E-state index is 12.9. The van der Waals surface area contributed by atoms with Gasteiger partial charge in [0.1, 0.15) is 0 Å². The Bertz CT molecular complexity index is 849. The molecule has 8 heteroatoms. The molecule has 0 radical (unpaired) electrons. The van der Waals surface area contributed by atoms with Crippen molar-refractivity contribution in [3.63, 3.8) is 0 Å². The minimum Gasteiger partial charge on any atom is -0.465 e. The molecule has 1 saturated heterocycles. The van der Waals surface area contributed by atoms with Gasteiger partial charge in [0.25, 0.3) is 0 Å². The first-order valence-electron chi connectivity index (χ1n) is 10.7. The van der Waals surface area contributed by atoms with Crippen LogP contribution < -0.4 is 5.32 Å². The summed E-state index contributed by atoms with van der Waals surface area (Å²) in [7, 11) is 2.47. The van der Waals surface area contributed by atoms with Gasteiger partial charge in [0.15, 0.2) is 0 Å². The van der Waals surface area contributed by atoms with E-state index in [4.69, 9.17) is 9.47 Å². The quantitative estimate of drug-likeness (QED) is 0.721. The zero-order valence-corrected chi connectivity index (χ0v) is 18.5. The van der Waals surface area contributed by atoms with E-state index in [2.05, 4.69) is 19.2 Å². The van der Waals surface area contributed by atoms with Gasteiger partial charge < -0.3 is 19.7 Å². The Morgan fingerprint density at radius 3 is 2.19 bits per heavy atom. The number of carbonyl (C=O) groups is 4. The van der Waals surface area contributed by atoms with E-state index >= 15 is 0 Å². The predicted octanol–water partition coefficient (Wildman–Crippen LogP) is 2.87. The fourth-order valence-electron chi connectivity index (χ4n) is 4.64. The van der Waals surface area contributed by atoms with E-state index in [1.165, 1.54) is 38.8 Å². The molecule has 168 valence electrons. The highest BCUT2D eigenvalue weighted by Crippen LogP contribution is 2.36. The van der Waals surface area contributed by atoms with Gasteiger partial charge in [0.05, 0.1) is 31.3 Å². The molecular formula is C23H30N2O6. The van der Waals surface area contributed by atoms with E-state index in [-0.39, 0.29) is 41.1 Å². The number of benzene rings is 1. The smallest absolute Gasteiger partial charge is 0.337 e. The van der Waals surface area contributed by atoms with Crippen LogP contribution >= 0.6 is 0 Å². The van der Waals surface area contributed by atoms with Crippen LogP contribution in [0.3, 0.4) is 0 Å². The summed E-state index contributed by atoms with van der Waals surface area (Å²) in [6, 6.07) is 4.40. The third-order valence-corrected chi connectivity index (χ3v) is 6.64. The molecule has 31 heavy (non-hydrogen) atoms. The van der Waals surface area contributed by atoms with Crippen molar-refractivity contribution >= 4 is 29.4 Å². The zero-order chi connectivity index (χ0) is 22.7. The Morgan fingerprint density at radius 2 is 1.61 bits per heavy atom. The van der Waals surface area contributed by atoms with E-state index in [0.717, 1.165) is 12.8 Å². The highest BCUT2D eigenvalue weighted by atomic mass is 16.5. The minimum absolute atomic E-state index is 0.00432. The van der Waals surface area contributed by atoms with Crippen LogP contribution in [0.1, 0.15) is 60.2 Å². The number of carbonyl (C=O) groups excluding carboxylic acids is 4. The Morgan fingerprint density at radius 1 is 1.00 bits per heavy atom. The largest absolute Gasteiger partial charge is 0.465 e. The lowest BCUT2D eigenvalue weighted by atomic mass is 9.77. The van der Waals surface area contributed by atoms with Crippen LogP contribution in [0.25, 0.3) is 0 Å². The van der Waals surface area contributed by atoms with Crippen LogP contribution in [0.2, 0.25) is 0 Å². The summed E-state index contributed by atoms with van der Waals surface area (Å²) in [5.41, 5.74) is 0.517. The molecule has 0 spiro atoms. The summed E-state index contributed by atoms with van der Waals surface area (Å²) in [5.74, 6) is -1.11. The fraction of sp³-hybridized carbons (Fsp3) is 0.565. The number of nitrogens with zero attached hydrogens (tertiary/aromatic N) is 1. The van der Waals surface area contributed by atoms with Crippen LogP contribution in [-0.4, -0.2) is 55.5 Å². The first-order chi connectivity index (χ1) is 14.7. The van der Waals surface area contributed by atoms with Crippen molar-refractivity contribution in [2.75, 3.05) is 26.1 Å². The van der Waals surface area contributed by atoms with Crippen molar-refractivity contribution in [1.82, 2.24) is 4.90 Å². The van der Waals surface area contributed by atoms with Gasteiger partial charge in [-0.3, -0.25) is 9.59 Å². The maximum Gasteiger partial charge on any atom is 0.337 e. The molecule has 1 heterocycles. The van der Waals surface area contributed by atoms with E-state index in [0.29, 0.717) is 18.4 Å². The lowest BCUT2D eigenvalue weighted by molar-refractivity contribution is -0.131. The van der Waals surface area contributed by atoms with Gasteiger partial charge in [-0.25, -0.2) is 9.59 Å². The Hall–Kier alpha value is -2.90. The van der Waals surface area contributed by atoms with Gasteiger partial charge in [-0.15, -0.1) is 0 Å². The molecule has 1 N–H and O–H groups in total. The lowest BCUT2D eigenvalue weighted by Gasteiger charge is -2.40. The van der Waals surface area contributed by atoms with Crippen molar-refractivity contribution in [2.24, 2.45) is 17.8 Å². The van der Waals surface area contributed by atoms with Gasteiger partial charge in [-0.1, -0.05) is 26.7 Å². The van der Waals surface area contributed by atoms with E-state index in [9.17, 15) is 19.2 Å². The van der Waals surface area contributed by atoms with Crippen LogP contribution in [0.15, 0.2) is 18.2 Å². The first kappa shape index (κ1) is 22.8. The average Bonchev–Trinajstić information content (AvgIpc) is 3.15. The molecule has 0 aromatic heterocycles. The van der Waals surface area contributed by atoms with Crippen LogP contribution in [0.4, 0.5) is 5.69 Å². The second-order valence-electron chi connectivity index (χ2n) is 8.55. The Kier molecular flexibility index (Phi) is 6.97. The average molecular weight is 431 g/mol. The predicted molar refractivity (Wildman–Crippen MR) is 114 cm³/mol. The number of rotatable bonds is 5. The van der Waals surface area contributed by atoms with E-state index < -0.39 is 17.9 Å². The molecule has 1 aromatic rings. The Balaban J connectivity index is 1.75. The fourth-order valence-corrected chi connectivity index (χ4v) is 4.64. The third-order valence-electron chi connectivity index (χ3n) is 6.64. The van der Waals surface area contributed by atoms with E-state index in [1.54, 1.807) is 0 Å². The van der Waals surface area contributed by atoms with Gasteiger partial charge in [-0.2, -0.15) is 0 Å². The molecule has 8 nitrogen and oxygen atoms in total. The molecular weight excluding hydrogens is 400 g/mol. The number of likely N-dealkylation sites (tertiary alicyclic amines) is 1. The molecule has 0 bridgehead atoms. The van der Waals surface area contributed by atoms with Crippen LogP contribution in [0.5, 0.6) is 0 Å². The normalized spacial score (nSPS) is 25.8. The number of methoxy groups -OCH3 is 2. The van der Waals surface area contributed by atoms with Gasteiger partial charge in [0, 0.05) is 24.7 Å². The van der Waals surface area contributed by atoms with Crippen molar-refractivity contribution in [1.29, 1.82) is 0 Å². The topological polar surface area (TPSA) is 102 Å². The highest BCUT2D eigenvalue weighted by Gasteiger charge is 2.41. The van der Waals surface area contributed by atoms with Gasteiger partial charge >= 0.3 is 11.9 Å². The molecule has 2 fully saturated rings. The summed E-state index contributed by atoms with van der Waals surface area (Å²) >= 11 is 0. The summed E-state index contributed by atoms with van der Waals surface area (Å²) in [6.45, 7) is 4.78. The van der Waals surface area contributed by atoms with Crippen LogP contribution in [0, 0.1) is 17.8 Å². The monoisotopic (exact) mass is 430 g/mol. The second-order valence-corrected chi connectivity index (χ2v) is 8.55. The molecule has 1 aromatic carbocycles. The molecule has 4 unspecified atom stereocenters. The van der Waals surface area contributed by atoms with E-state index in [1.807, 2.05) is 4.90 Å². The molecule has 1 saturated carbocycles. The molecule has 4 atom stereocenters. The first-order valence-corrected chi connectivity index (χ1v) is 10.7. The summed E-state index contributed by atoms with van der Waals surface area (Å²) in [4.78, 5) is 51.4. The molecule has 2 aliphatic rings. The second kappa shape index (κ2) is 9.49.